The van der Waals surface area contributed by atoms with Crippen LogP contribution in [0.4, 0.5) is 10.5 Å². The van der Waals surface area contributed by atoms with Gasteiger partial charge in [-0.05, 0) is 51.1 Å². The number of methoxy groups -OCH3 is 1. The van der Waals surface area contributed by atoms with E-state index in [0.29, 0.717) is 22.6 Å². The van der Waals surface area contributed by atoms with Crippen molar-refractivity contribution in [3.63, 3.8) is 0 Å². The molecule has 1 atom stereocenters. The molecule has 6 heteroatoms. The second-order valence-corrected chi connectivity index (χ2v) is 6.67. The van der Waals surface area contributed by atoms with Gasteiger partial charge < -0.3 is 4.74 Å². The molecule has 2 aromatic rings. The van der Waals surface area contributed by atoms with Crippen LogP contribution in [0, 0.1) is 6.92 Å². The maximum absolute atomic E-state index is 13.0. The molecule has 0 saturated carbocycles. The molecule has 0 aromatic heterocycles. The zero-order chi connectivity index (χ0) is 19.7. The van der Waals surface area contributed by atoms with Gasteiger partial charge in [-0.3, -0.25) is 19.4 Å². The second-order valence-electron chi connectivity index (χ2n) is 6.67. The molecule has 1 aliphatic heterocycles. The summed E-state index contributed by atoms with van der Waals surface area (Å²) >= 11 is 0. The van der Waals surface area contributed by atoms with Crippen LogP contribution in [-0.2, 0) is 11.3 Å². The van der Waals surface area contributed by atoms with E-state index in [0.717, 1.165) is 5.56 Å². The molecule has 3 amide bonds. The average molecular weight is 366 g/mol. The normalized spacial score (nSPS) is 16.8. The molecule has 0 radical (unpaired) electrons. The highest BCUT2D eigenvalue weighted by molar-refractivity contribution is 6.14. The Labute approximate surface area is 158 Å². The molecule has 6 nitrogen and oxygen atoms in total. The minimum Gasteiger partial charge on any atom is -0.496 e. The first-order valence-electron chi connectivity index (χ1n) is 8.72. The Morgan fingerprint density at radius 2 is 1.78 bits per heavy atom. The smallest absolute Gasteiger partial charge is 0.332 e. The summed E-state index contributed by atoms with van der Waals surface area (Å²) in [6, 6.07) is 11.5. The van der Waals surface area contributed by atoms with Gasteiger partial charge in [-0.1, -0.05) is 17.7 Å². The molecule has 0 unspecified atom stereocenters. The fourth-order valence-electron chi connectivity index (χ4n) is 3.20. The van der Waals surface area contributed by atoms with E-state index in [-0.39, 0.29) is 24.3 Å². The van der Waals surface area contributed by atoms with Gasteiger partial charge in [-0.25, -0.2) is 4.79 Å². The number of benzene rings is 2. The molecule has 1 saturated heterocycles. The van der Waals surface area contributed by atoms with Crippen molar-refractivity contribution in [3.8, 4) is 5.75 Å². The summed E-state index contributed by atoms with van der Waals surface area (Å²) in [5.41, 5.74) is 2.88. The molecule has 1 aliphatic rings. The van der Waals surface area contributed by atoms with Gasteiger partial charge in [-0.15, -0.1) is 0 Å². The first kappa shape index (κ1) is 18.6. The molecule has 0 bridgehead atoms. The van der Waals surface area contributed by atoms with Crippen molar-refractivity contribution in [1.29, 1.82) is 0 Å². The molecular formula is C21H22N2O4. The van der Waals surface area contributed by atoms with Gasteiger partial charge in [-0.2, -0.15) is 0 Å². The Bertz CT molecular complexity index is 905. The third-order valence-corrected chi connectivity index (χ3v) is 4.78. The van der Waals surface area contributed by atoms with Crippen molar-refractivity contribution in [2.75, 3.05) is 12.0 Å². The number of ketones is 1. The van der Waals surface area contributed by atoms with Crippen LogP contribution in [0.25, 0.3) is 0 Å². The molecule has 140 valence electrons. The molecule has 0 spiro atoms. The molecule has 27 heavy (non-hydrogen) atoms. The number of rotatable bonds is 5. The van der Waals surface area contributed by atoms with Crippen molar-refractivity contribution in [1.82, 2.24) is 4.90 Å². The monoisotopic (exact) mass is 366 g/mol. The van der Waals surface area contributed by atoms with E-state index >= 15 is 0 Å². The van der Waals surface area contributed by atoms with Gasteiger partial charge in [0.25, 0.3) is 5.91 Å². The van der Waals surface area contributed by atoms with E-state index in [1.54, 1.807) is 25.1 Å². The SMILES string of the molecule is COc1ccc(C(C)=O)cc1CN1C(=O)[C@@H](C)N(c2ccc(C)cc2)C1=O. The third kappa shape index (κ3) is 3.43. The van der Waals surface area contributed by atoms with Crippen LogP contribution >= 0.6 is 0 Å². The van der Waals surface area contributed by atoms with E-state index in [9.17, 15) is 14.4 Å². The van der Waals surface area contributed by atoms with Crippen LogP contribution in [0.2, 0.25) is 0 Å². The summed E-state index contributed by atoms with van der Waals surface area (Å²) in [4.78, 5) is 40.1. The van der Waals surface area contributed by atoms with Crippen molar-refractivity contribution >= 4 is 23.4 Å². The highest BCUT2D eigenvalue weighted by atomic mass is 16.5. The Morgan fingerprint density at radius 1 is 1.11 bits per heavy atom. The van der Waals surface area contributed by atoms with Crippen LogP contribution in [0.1, 0.15) is 35.3 Å². The maximum atomic E-state index is 13.0. The minimum atomic E-state index is -0.595. The number of carbonyl (C=O) groups excluding carboxylic acids is 3. The first-order valence-corrected chi connectivity index (χ1v) is 8.72. The fourth-order valence-corrected chi connectivity index (χ4v) is 3.20. The summed E-state index contributed by atoms with van der Waals surface area (Å²) in [7, 11) is 1.52. The zero-order valence-electron chi connectivity index (χ0n) is 15.9. The topological polar surface area (TPSA) is 66.9 Å². The van der Waals surface area contributed by atoms with Crippen LogP contribution < -0.4 is 9.64 Å². The summed E-state index contributed by atoms with van der Waals surface area (Å²) in [6.45, 7) is 5.20. The van der Waals surface area contributed by atoms with Crippen LogP contribution in [0.15, 0.2) is 42.5 Å². The lowest BCUT2D eigenvalue weighted by molar-refractivity contribution is -0.127. The summed E-state index contributed by atoms with van der Waals surface area (Å²) in [5, 5.41) is 0. The fraction of sp³-hybridized carbons (Fsp3) is 0.286. The van der Waals surface area contributed by atoms with E-state index in [4.69, 9.17) is 4.74 Å². The van der Waals surface area contributed by atoms with Crippen LogP contribution in [0.3, 0.4) is 0 Å². The second kappa shape index (κ2) is 7.23. The molecule has 1 heterocycles. The number of aryl methyl sites for hydroxylation is 1. The molecular weight excluding hydrogens is 344 g/mol. The molecule has 0 aliphatic carbocycles. The molecule has 2 aromatic carbocycles. The molecule has 0 N–H and O–H groups in total. The Hall–Kier alpha value is -3.15. The quantitative estimate of drug-likeness (QED) is 0.599. The summed E-state index contributed by atoms with van der Waals surface area (Å²) in [6.07, 6.45) is 0. The standard InChI is InChI=1S/C21H22N2O4/c1-13-5-8-18(9-6-13)23-14(2)20(25)22(21(23)26)12-17-11-16(15(3)24)7-10-19(17)27-4/h5-11,14H,12H2,1-4H3/t14-/m1/s1. The van der Waals surface area contributed by atoms with E-state index in [1.165, 1.54) is 23.8 Å². The average Bonchev–Trinajstić information content (AvgIpc) is 2.86. The lowest BCUT2D eigenvalue weighted by Crippen LogP contribution is -2.33. The highest BCUT2D eigenvalue weighted by Crippen LogP contribution is 2.29. The largest absolute Gasteiger partial charge is 0.496 e. The number of urea groups is 1. The van der Waals surface area contributed by atoms with E-state index < -0.39 is 6.04 Å². The Kier molecular flexibility index (Phi) is 4.99. The lowest BCUT2D eigenvalue weighted by atomic mass is 10.1. The number of anilines is 1. The number of hydrogen-bond acceptors (Lipinski definition) is 4. The summed E-state index contributed by atoms with van der Waals surface area (Å²) in [5.74, 6) is 0.158. The zero-order valence-corrected chi connectivity index (χ0v) is 15.9. The lowest BCUT2D eigenvalue weighted by Gasteiger charge is -2.20. The van der Waals surface area contributed by atoms with Gasteiger partial charge >= 0.3 is 6.03 Å². The predicted octanol–water partition coefficient (Wildman–Crippen LogP) is 3.56. The number of hydrogen-bond donors (Lipinski definition) is 0. The predicted molar refractivity (Wildman–Crippen MR) is 102 cm³/mol. The summed E-state index contributed by atoms with van der Waals surface area (Å²) < 4.78 is 5.34. The van der Waals surface area contributed by atoms with Crippen LogP contribution in [0.5, 0.6) is 5.75 Å². The van der Waals surface area contributed by atoms with Crippen molar-refractivity contribution in [2.24, 2.45) is 0 Å². The van der Waals surface area contributed by atoms with E-state index in [1.807, 2.05) is 31.2 Å². The van der Waals surface area contributed by atoms with Gasteiger partial charge in [0, 0.05) is 16.8 Å². The van der Waals surface area contributed by atoms with Crippen molar-refractivity contribution < 1.29 is 19.1 Å². The van der Waals surface area contributed by atoms with E-state index in [2.05, 4.69) is 0 Å². The highest BCUT2D eigenvalue weighted by Gasteiger charge is 2.43. The Morgan fingerprint density at radius 3 is 2.37 bits per heavy atom. The van der Waals surface area contributed by atoms with Gasteiger partial charge in [0.15, 0.2) is 5.78 Å². The first-order chi connectivity index (χ1) is 12.8. The van der Waals surface area contributed by atoms with Gasteiger partial charge in [0.1, 0.15) is 11.8 Å². The number of amides is 3. The van der Waals surface area contributed by atoms with Gasteiger partial charge in [0.2, 0.25) is 0 Å². The van der Waals surface area contributed by atoms with Gasteiger partial charge in [0.05, 0.1) is 13.7 Å². The maximum Gasteiger partial charge on any atom is 0.332 e. The number of imide groups is 1. The molecule has 3 rings (SSSR count). The number of nitrogens with zero attached hydrogens (tertiary/aromatic N) is 2. The number of carbonyl (C=O) groups is 3. The minimum absolute atomic E-state index is 0.0503. The van der Waals surface area contributed by atoms with Crippen molar-refractivity contribution in [2.45, 2.75) is 33.4 Å². The number of ether oxygens (including phenoxy) is 1. The number of Topliss-reactive ketones (excluding diaryl/α,β-unsaturated/α-hetero) is 1. The van der Waals surface area contributed by atoms with Crippen molar-refractivity contribution in [3.05, 3.63) is 59.2 Å². The molecule has 1 fully saturated rings. The third-order valence-electron chi connectivity index (χ3n) is 4.78. The van der Waals surface area contributed by atoms with Crippen LogP contribution in [-0.4, -0.2) is 35.8 Å². The Balaban J connectivity index is 1.93.